The average Bonchev–Trinajstić information content (AvgIpc) is 3.00. The van der Waals surface area contributed by atoms with E-state index < -0.39 is 0 Å². The summed E-state index contributed by atoms with van der Waals surface area (Å²) >= 11 is 0. The van der Waals surface area contributed by atoms with E-state index in [4.69, 9.17) is 9.47 Å². The van der Waals surface area contributed by atoms with Crippen LogP contribution in [0.1, 0.15) is 63.1 Å². The van der Waals surface area contributed by atoms with Crippen LogP contribution in [0.15, 0.2) is 94.8 Å². The number of benzene rings is 2. The molecule has 7 nitrogen and oxygen atoms in total. The minimum absolute atomic E-state index is 0.0331. The number of ether oxygens (including phenoxy) is 2. The number of aryl methyl sites for hydroxylation is 1. The molecule has 2 aromatic carbocycles. The van der Waals surface area contributed by atoms with Gasteiger partial charge in [0.05, 0.1) is 17.9 Å². The normalized spacial score (nSPS) is 10.0. The third kappa shape index (κ3) is 10.5. The second kappa shape index (κ2) is 18.1. The Hall–Kier alpha value is -4.39. The molecule has 0 aliphatic carbocycles. The van der Waals surface area contributed by atoms with Gasteiger partial charge in [-0.1, -0.05) is 87.9 Å². The maximum Gasteiger partial charge on any atom is 0.223 e. The predicted molar refractivity (Wildman–Crippen MR) is 169 cm³/mol. The van der Waals surface area contributed by atoms with Gasteiger partial charge >= 0.3 is 0 Å². The van der Waals surface area contributed by atoms with Crippen molar-refractivity contribution in [3.8, 4) is 11.5 Å². The summed E-state index contributed by atoms with van der Waals surface area (Å²) in [6.45, 7) is 13.3. The summed E-state index contributed by atoms with van der Waals surface area (Å²) in [7, 11) is 0. The van der Waals surface area contributed by atoms with Crippen LogP contribution in [0.4, 0.5) is 0 Å². The van der Waals surface area contributed by atoms with Gasteiger partial charge in [0.15, 0.2) is 11.5 Å². The standard InChI is InChI=1S/C17H21NO2.C16H17NO3.C2H6/c1-3-4-11-18-12-10-16(19)17(14(18)2)20-13-15-8-6-5-7-9-15;1-12(18)10-17-9-8-15(19)16(13(17)2)20-11-14-6-4-3-5-7-14;1-2/h5-10,12H,3-4,11,13H2,1-2H3;3-9H,10-11H2,1-2H3;1-2H3. The fourth-order valence-electron chi connectivity index (χ4n) is 4.10. The Morgan fingerprint density at radius 3 is 1.55 bits per heavy atom. The zero-order chi connectivity index (χ0) is 30.9. The molecule has 0 fully saturated rings. The number of hydrogen-bond acceptors (Lipinski definition) is 5. The number of pyridine rings is 2. The third-order valence-corrected chi connectivity index (χ3v) is 6.38. The molecule has 0 aliphatic rings. The van der Waals surface area contributed by atoms with E-state index in [0.29, 0.717) is 30.4 Å². The first-order valence-electron chi connectivity index (χ1n) is 14.5. The Labute approximate surface area is 249 Å². The van der Waals surface area contributed by atoms with Crippen LogP contribution in [0, 0.1) is 13.8 Å². The van der Waals surface area contributed by atoms with Gasteiger partial charge in [-0.25, -0.2) is 0 Å². The first-order valence-corrected chi connectivity index (χ1v) is 14.5. The van der Waals surface area contributed by atoms with Crippen LogP contribution >= 0.6 is 0 Å². The Morgan fingerprint density at radius 2 is 1.12 bits per heavy atom. The maximum absolute atomic E-state index is 11.9. The summed E-state index contributed by atoms with van der Waals surface area (Å²) in [5, 5.41) is 0. The van der Waals surface area contributed by atoms with Gasteiger partial charge in [-0.15, -0.1) is 0 Å². The van der Waals surface area contributed by atoms with E-state index in [-0.39, 0.29) is 23.2 Å². The van der Waals surface area contributed by atoms with E-state index in [0.717, 1.165) is 36.2 Å². The fraction of sp³-hybridized carbons (Fsp3) is 0.343. The van der Waals surface area contributed by atoms with Crippen molar-refractivity contribution < 1.29 is 14.3 Å². The molecule has 0 saturated heterocycles. The molecule has 4 aromatic rings. The van der Waals surface area contributed by atoms with E-state index in [1.165, 1.54) is 13.0 Å². The van der Waals surface area contributed by atoms with Crippen molar-refractivity contribution in [3.05, 3.63) is 128 Å². The maximum atomic E-state index is 11.9. The Balaban J connectivity index is 0.000000277. The largest absolute Gasteiger partial charge is 0.483 e. The van der Waals surface area contributed by atoms with Crippen molar-refractivity contribution in [3.63, 3.8) is 0 Å². The average molecular weight is 573 g/mol. The zero-order valence-electron chi connectivity index (χ0n) is 25.8. The molecule has 0 aliphatic heterocycles. The SMILES string of the molecule is CC.CC(=O)Cn1ccc(=O)c(OCc2ccccc2)c1C.CCCCn1ccc(=O)c(OCc2ccccc2)c1C. The summed E-state index contributed by atoms with van der Waals surface area (Å²) in [5.41, 5.74) is 3.42. The van der Waals surface area contributed by atoms with Crippen molar-refractivity contribution in [2.75, 3.05) is 0 Å². The summed E-state index contributed by atoms with van der Waals surface area (Å²) in [4.78, 5) is 35.0. The number of ketones is 1. The lowest BCUT2D eigenvalue weighted by Gasteiger charge is -2.14. The molecule has 0 saturated carbocycles. The highest BCUT2D eigenvalue weighted by Gasteiger charge is 2.10. The predicted octanol–water partition coefficient (Wildman–Crippen LogP) is 6.89. The van der Waals surface area contributed by atoms with Crippen molar-refractivity contribution in [1.29, 1.82) is 0 Å². The number of aromatic nitrogens is 2. The highest BCUT2D eigenvalue weighted by atomic mass is 16.5. The molecule has 0 amide bonds. The van der Waals surface area contributed by atoms with Crippen LogP contribution in [0.25, 0.3) is 0 Å². The van der Waals surface area contributed by atoms with Gasteiger partial charge in [0.1, 0.15) is 19.0 Å². The molecule has 0 atom stereocenters. The van der Waals surface area contributed by atoms with Crippen LogP contribution in [-0.2, 0) is 31.1 Å². The second-order valence-electron chi connectivity index (χ2n) is 9.61. The Bertz CT molecular complexity index is 1490. The fourth-order valence-corrected chi connectivity index (χ4v) is 4.10. The monoisotopic (exact) mass is 572 g/mol. The van der Waals surface area contributed by atoms with E-state index in [1.54, 1.807) is 23.8 Å². The third-order valence-electron chi connectivity index (χ3n) is 6.38. The van der Waals surface area contributed by atoms with Crippen molar-refractivity contribution in [2.45, 2.75) is 80.7 Å². The molecule has 0 radical (unpaired) electrons. The first-order chi connectivity index (χ1) is 20.3. The van der Waals surface area contributed by atoms with Gasteiger partial charge in [0.2, 0.25) is 10.9 Å². The quantitative estimate of drug-likeness (QED) is 0.196. The molecule has 224 valence electrons. The van der Waals surface area contributed by atoms with Gasteiger partial charge in [-0.3, -0.25) is 14.4 Å². The van der Waals surface area contributed by atoms with Crippen molar-refractivity contribution >= 4 is 5.78 Å². The molecule has 2 heterocycles. The van der Waals surface area contributed by atoms with E-state index in [1.807, 2.05) is 87.6 Å². The minimum Gasteiger partial charge on any atom is -0.483 e. The molecular weight excluding hydrogens is 528 g/mol. The van der Waals surface area contributed by atoms with Crippen LogP contribution in [0.3, 0.4) is 0 Å². The van der Waals surface area contributed by atoms with E-state index >= 15 is 0 Å². The first kappa shape index (κ1) is 33.8. The van der Waals surface area contributed by atoms with Crippen LogP contribution in [-0.4, -0.2) is 14.9 Å². The number of unbranched alkanes of at least 4 members (excludes halogenated alkanes) is 1. The lowest BCUT2D eigenvalue weighted by atomic mass is 10.2. The van der Waals surface area contributed by atoms with Gasteiger partial charge in [0.25, 0.3) is 0 Å². The van der Waals surface area contributed by atoms with E-state index in [2.05, 4.69) is 11.5 Å². The minimum atomic E-state index is -0.168. The Morgan fingerprint density at radius 1 is 0.690 bits per heavy atom. The number of Topliss-reactive ketones (excluding diaryl/α,β-unsaturated/α-hetero) is 1. The van der Waals surface area contributed by atoms with Crippen LogP contribution < -0.4 is 20.3 Å². The second-order valence-corrected chi connectivity index (χ2v) is 9.61. The molecule has 0 N–H and O–H groups in total. The molecule has 0 unspecified atom stereocenters. The van der Waals surface area contributed by atoms with Crippen molar-refractivity contribution in [1.82, 2.24) is 9.13 Å². The number of nitrogens with zero attached hydrogens (tertiary/aromatic N) is 2. The number of hydrogen-bond donors (Lipinski definition) is 0. The summed E-state index contributed by atoms with van der Waals surface area (Å²) < 4.78 is 15.2. The van der Waals surface area contributed by atoms with Crippen molar-refractivity contribution in [2.24, 2.45) is 0 Å². The highest BCUT2D eigenvalue weighted by molar-refractivity contribution is 5.75. The molecule has 4 rings (SSSR count). The molecule has 42 heavy (non-hydrogen) atoms. The number of carbonyl (C=O) groups excluding carboxylic acids is 1. The summed E-state index contributed by atoms with van der Waals surface area (Å²) in [6, 6.07) is 22.5. The van der Waals surface area contributed by atoms with Gasteiger partial charge in [-0.05, 0) is 38.3 Å². The van der Waals surface area contributed by atoms with Gasteiger partial charge < -0.3 is 18.6 Å². The number of carbonyl (C=O) groups is 1. The lowest BCUT2D eigenvalue weighted by Crippen LogP contribution is -2.17. The molecular formula is C35H44N2O5. The highest BCUT2D eigenvalue weighted by Crippen LogP contribution is 2.15. The Kier molecular flexibility index (Phi) is 14.6. The smallest absolute Gasteiger partial charge is 0.223 e. The molecule has 0 spiro atoms. The van der Waals surface area contributed by atoms with Gasteiger partial charge in [0, 0.05) is 31.1 Å². The molecule has 2 aromatic heterocycles. The van der Waals surface area contributed by atoms with Crippen LogP contribution in [0.2, 0.25) is 0 Å². The van der Waals surface area contributed by atoms with Crippen LogP contribution in [0.5, 0.6) is 11.5 Å². The molecule has 7 heteroatoms. The molecule has 0 bridgehead atoms. The summed E-state index contributed by atoms with van der Waals surface area (Å²) in [5.74, 6) is 0.802. The lowest BCUT2D eigenvalue weighted by molar-refractivity contribution is -0.117. The summed E-state index contributed by atoms with van der Waals surface area (Å²) in [6.07, 6.45) is 5.70. The zero-order valence-corrected chi connectivity index (χ0v) is 25.8. The topological polar surface area (TPSA) is 79.5 Å². The van der Waals surface area contributed by atoms with Gasteiger partial charge in [-0.2, -0.15) is 0 Å². The number of rotatable bonds is 11. The van der Waals surface area contributed by atoms with E-state index in [9.17, 15) is 14.4 Å².